The molecule has 4 unspecified atom stereocenters. The van der Waals surface area contributed by atoms with Gasteiger partial charge in [-0.1, -0.05) is 186 Å². The lowest BCUT2D eigenvalue weighted by Crippen LogP contribution is -2.11. The van der Waals surface area contributed by atoms with Crippen molar-refractivity contribution in [1.29, 1.82) is 0 Å². The molecule has 0 aromatic heterocycles. The Balaban J connectivity index is -0.0000000701. The Bertz CT molecular complexity index is 858. The number of aliphatic hydroxyl groups excluding tert-OH is 3. The number of rotatable bonds is 17. The van der Waals surface area contributed by atoms with Crippen molar-refractivity contribution in [3.8, 4) is 0 Å². The van der Waals surface area contributed by atoms with E-state index in [2.05, 4.69) is 122 Å². The third-order valence-electron chi connectivity index (χ3n) is 8.24. The van der Waals surface area contributed by atoms with Gasteiger partial charge in [0.05, 0.1) is 0 Å². The van der Waals surface area contributed by atoms with Crippen molar-refractivity contribution in [1.82, 2.24) is 0 Å². The van der Waals surface area contributed by atoms with Gasteiger partial charge in [-0.3, -0.25) is 0 Å². The molecule has 4 atom stereocenters. The first-order valence-corrected chi connectivity index (χ1v) is 23.7. The molecule has 0 aromatic rings. The van der Waals surface area contributed by atoms with Gasteiger partial charge in [-0.15, -0.1) is 6.58 Å². The summed E-state index contributed by atoms with van der Waals surface area (Å²) in [5, 5.41) is 25.8. The second-order valence-electron chi connectivity index (χ2n) is 18.8. The zero-order valence-corrected chi connectivity index (χ0v) is 45.1. The van der Waals surface area contributed by atoms with Crippen LogP contribution in [0.4, 0.5) is 0 Å². The fourth-order valence-corrected chi connectivity index (χ4v) is 3.85. The summed E-state index contributed by atoms with van der Waals surface area (Å²) in [5.74, 6) is 2.80. The molecule has 0 amide bonds. The topological polar surface area (TPSA) is 112 Å². The Morgan fingerprint density at radius 3 is 1.12 bits per heavy atom. The van der Waals surface area contributed by atoms with Crippen LogP contribution in [0.3, 0.4) is 0 Å². The maximum absolute atomic E-state index is 10.2. The first kappa shape index (κ1) is 78.6. The second kappa shape index (κ2) is 61.4. The number of carbonyl (C=O) groups is 3. The van der Waals surface area contributed by atoms with E-state index in [0.29, 0.717) is 42.8 Å². The predicted octanol–water partition coefficient (Wildman–Crippen LogP) is 15.9. The Hall–Kier alpha value is -1.89. The highest BCUT2D eigenvalue weighted by Gasteiger charge is 2.08. The van der Waals surface area contributed by atoms with Gasteiger partial charge in [-0.2, -0.15) is 0 Å². The minimum Gasteiger partial charge on any atom is -0.396 e. The van der Waals surface area contributed by atoms with Crippen molar-refractivity contribution >= 4 is 18.9 Å². The fourth-order valence-electron chi connectivity index (χ4n) is 3.85. The standard InChI is InChI=1S/C7H16O.C7H14O.C7H16O.C7H14O.2C6H12.C5H12O.C5H10O.C4H8/c2*1-4-7(5-8)6(2)3;2*1-3-5-7(4-2)6-8;1-4-5-6(2)3;1-3-5-6-4-2;2*1-5(2,3)4-6;1-4(2)3/h6-8H,4-5H2,1-3H3;5-7H,4H2,1-3H3;7-8H,3-6H2,1-2H3;6-7H,3-5H2,1-2H3;5H,4H2,1-3H3;3,5H,4,6H2,1-2H3;6H,4H2,1-3H3;4H,1-3H3;1H2,2-3H3. The van der Waals surface area contributed by atoms with Crippen molar-refractivity contribution in [2.75, 3.05) is 19.8 Å². The van der Waals surface area contributed by atoms with Crippen LogP contribution in [0.1, 0.15) is 230 Å². The van der Waals surface area contributed by atoms with E-state index in [9.17, 15) is 14.4 Å². The van der Waals surface area contributed by atoms with Crippen LogP contribution in [0, 0.1) is 46.3 Å². The largest absolute Gasteiger partial charge is 0.396 e. The lowest BCUT2D eigenvalue weighted by Gasteiger charge is -2.14. The zero-order chi connectivity index (χ0) is 49.8. The normalized spacial score (nSPS) is 12.0. The molecule has 0 spiro atoms. The highest BCUT2D eigenvalue weighted by Crippen LogP contribution is 2.13. The van der Waals surface area contributed by atoms with Gasteiger partial charge in [0, 0.05) is 37.1 Å². The molecule has 0 aliphatic carbocycles. The quantitative estimate of drug-likeness (QED) is 0.0992. The van der Waals surface area contributed by atoms with E-state index >= 15 is 0 Å². The fraction of sp³-hybridized carbons (Fsp3) is 0.833. The molecule has 0 saturated heterocycles. The predicted molar refractivity (Wildman–Crippen MR) is 273 cm³/mol. The van der Waals surface area contributed by atoms with Gasteiger partial charge >= 0.3 is 0 Å². The maximum atomic E-state index is 10.2. The summed E-state index contributed by atoms with van der Waals surface area (Å²) in [7, 11) is 0. The number of allylic oxidation sites excluding steroid dienone is 5. The highest BCUT2D eigenvalue weighted by molar-refractivity contribution is 5.56. The monoisotopic (exact) mass is 859 g/mol. The summed E-state index contributed by atoms with van der Waals surface area (Å²) < 4.78 is 0. The molecule has 366 valence electrons. The van der Waals surface area contributed by atoms with Crippen LogP contribution in [0.15, 0.2) is 36.0 Å². The van der Waals surface area contributed by atoms with Crippen LogP contribution in [0.5, 0.6) is 0 Å². The van der Waals surface area contributed by atoms with E-state index in [-0.39, 0.29) is 23.4 Å². The Morgan fingerprint density at radius 1 is 0.633 bits per heavy atom. The number of aldehydes is 3. The Kier molecular flexibility index (Phi) is 80.4. The number of hydrogen-bond donors (Lipinski definition) is 3. The molecule has 6 heteroatoms. The molecular formula is C54H114O6. The van der Waals surface area contributed by atoms with Crippen LogP contribution >= 0.6 is 0 Å². The van der Waals surface area contributed by atoms with Gasteiger partial charge in [0.1, 0.15) is 18.9 Å². The number of carbonyl (C=O) groups excluding carboxylic acids is 3. The van der Waals surface area contributed by atoms with E-state index in [1.165, 1.54) is 43.3 Å². The van der Waals surface area contributed by atoms with Crippen LogP contribution < -0.4 is 0 Å². The summed E-state index contributed by atoms with van der Waals surface area (Å²) in [4.78, 5) is 30.1. The van der Waals surface area contributed by atoms with Gasteiger partial charge in [-0.05, 0) is 102 Å². The molecular weight excluding hydrogens is 745 g/mol. The maximum Gasteiger partial charge on any atom is 0.125 e. The Morgan fingerprint density at radius 2 is 1.07 bits per heavy atom. The number of aliphatic hydroxyl groups is 3. The molecule has 0 bridgehead atoms. The van der Waals surface area contributed by atoms with E-state index in [4.69, 9.17) is 15.3 Å². The van der Waals surface area contributed by atoms with Crippen LogP contribution in [0.2, 0.25) is 0 Å². The van der Waals surface area contributed by atoms with Crippen molar-refractivity contribution in [2.24, 2.45) is 46.3 Å². The SMILES string of the molecule is C=C(C)C.CC(C)(C)C=O.CC(C)(C)CO.CC=CCCC.CCC(C=O)C(C)C.CCC(CO)C(C)C.CCC=C(C)C.CCCC(C=O)CC.CCCC(CC)CO. The van der Waals surface area contributed by atoms with Gasteiger partial charge in [0.15, 0.2) is 0 Å². The lowest BCUT2D eigenvalue weighted by molar-refractivity contribution is -0.114. The van der Waals surface area contributed by atoms with Crippen LogP contribution in [0.25, 0.3) is 0 Å². The first-order valence-electron chi connectivity index (χ1n) is 23.7. The summed E-state index contributed by atoms with van der Waals surface area (Å²) in [6.07, 6.45) is 21.9. The average Bonchev–Trinajstić information content (AvgIpc) is 3.16. The molecule has 0 saturated carbocycles. The molecule has 60 heavy (non-hydrogen) atoms. The lowest BCUT2D eigenvalue weighted by atomic mass is 9.95. The molecule has 0 rings (SSSR count). The molecule has 3 N–H and O–H groups in total. The van der Waals surface area contributed by atoms with E-state index in [1.807, 2.05) is 62.3 Å². The van der Waals surface area contributed by atoms with Gasteiger partial charge in [-0.25, -0.2) is 0 Å². The van der Waals surface area contributed by atoms with Gasteiger partial charge < -0.3 is 29.7 Å². The van der Waals surface area contributed by atoms with Gasteiger partial charge in [0.2, 0.25) is 0 Å². The summed E-state index contributed by atoms with van der Waals surface area (Å²) in [6.45, 7) is 51.7. The molecule has 0 aliphatic rings. The summed E-state index contributed by atoms with van der Waals surface area (Å²) in [5.41, 5.74) is 2.54. The van der Waals surface area contributed by atoms with Gasteiger partial charge in [0.25, 0.3) is 0 Å². The minimum atomic E-state index is -0.139. The average molecular weight is 859 g/mol. The Labute approximate surface area is 379 Å². The van der Waals surface area contributed by atoms with E-state index < -0.39 is 0 Å². The van der Waals surface area contributed by atoms with Crippen LogP contribution in [-0.4, -0.2) is 54.0 Å². The highest BCUT2D eigenvalue weighted by atomic mass is 16.3. The number of hydrogen-bond acceptors (Lipinski definition) is 6. The molecule has 0 aromatic carbocycles. The van der Waals surface area contributed by atoms with Crippen molar-refractivity contribution in [3.05, 3.63) is 36.0 Å². The zero-order valence-electron chi connectivity index (χ0n) is 45.1. The second-order valence-corrected chi connectivity index (χ2v) is 18.8. The van der Waals surface area contributed by atoms with Crippen molar-refractivity contribution < 1.29 is 29.7 Å². The molecule has 0 fully saturated rings. The van der Waals surface area contributed by atoms with Crippen molar-refractivity contribution in [2.45, 2.75) is 230 Å². The first-order chi connectivity index (χ1) is 27.7. The summed E-state index contributed by atoms with van der Waals surface area (Å²) >= 11 is 0. The van der Waals surface area contributed by atoms with Crippen LogP contribution in [-0.2, 0) is 14.4 Å². The third-order valence-corrected chi connectivity index (χ3v) is 8.24. The smallest absolute Gasteiger partial charge is 0.125 e. The minimum absolute atomic E-state index is 0.0972. The third kappa shape index (κ3) is 106. The molecule has 0 heterocycles. The van der Waals surface area contributed by atoms with E-state index in [1.54, 1.807) is 0 Å². The molecule has 0 radical (unpaired) electrons. The van der Waals surface area contributed by atoms with Crippen molar-refractivity contribution in [3.63, 3.8) is 0 Å². The molecule has 6 nitrogen and oxygen atoms in total. The number of unbranched alkanes of at least 4 members (excludes halogenated alkanes) is 1. The van der Waals surface area contributed by atoms with E-state index in [0.717, 1.165) is 57.4 Å². The summed E-state index contributed by atoms with van der Waals surface area (Å²) in [6, 6.07) is 0. The molecule has 0 aliphatic heterocycles.